The number of aromatic nitrogens is 2. The molecule has 1 heterocycles. The number of aromatic amines is 1. The fraction of sp³-hybridized carbons (Fsp3) is 0. The van der Waals surface area contributed by atoms with Crippen LogP contribution in [0.2, 0.25) is 0 Å². The summed E-state index contributed by atoms with van der Waals surface area (Å²) in [6.07, 6.45) is 0. The number of H-pyrrole nitrogens is 1. The number of hydrogen-bond donors (Lipinski definition) is 3. The van der Waals surface area contributed by atoms with E-state index in [1.54, 1.807) is 30.3 Å². The lowest BCUT2D eigenvalue weighted by Crippen LogP contribution is -2.12. The molecule has 1 aromatic heterocycles. The molecular formula is C16H12FN3O2. The zero-order chi connectivity index (χ0) is 15.5. The molecule has 22 heavy (non-hydrogen) atoms. The number of halogens is 1. The van der Waals surface area contributed by atoms with Crippen molar-refractivity contribution < 1.29 is 14.3 Å². The van der Waals surface area contributed by atoms with Crippen molar-refractivity contribution in [2.45, 2.75) is 0 Å². The number of carbonyl (C=O) groups excluding carboxylic acids is 1. The Morgan fingerprint density at radius 1 is 1.14 bits per heavy atom. The van der Waals surface area contributed by atoms with Crippen LogP contribution in [0.25, 0.3) is 11.3 Å². The molecule has 0 unspecified atom stereocenters. The first-order valence-corrected chi connectivity index (χ1v) is 6.53. The van der Waals surface area contributed by atoms with Crippen molar-refractivity contribution in [1.29, 1.82) is 0 Å². The van der Waals surface area contributed by atoms with E-state index in [2.05, 4.69) is 15.5 Å². The quantitative estimate of drug-likeness (QED) is 0.695. The topological polar surface area (TPSA) is 78.0 Å². The summed E-state index contributed by atoms with van der Waals surface area (Å²) in [5.74, 6) is -0.651. The monoisotopic (exact) mass is 297 g/mol. The number of nitrogens with one attached hydrogen (secondary N) is 2. The summed E-state index contributed by atoms with van der Waals surface area (Å²) in [5.41, 5.74) is 1.99. The molecule has 0 aliphatic carbocycles. The van der Waals surface area contributed by atoms with Crippen molar-refractivity contribution in [3.05, 3.63) is 66.1 Å². The minimum Gasteiger partial charge on any atom is -0.508 e. The van der Waals surface area contributed by atoms with Gasteiger partial charge >= 0.3 is 0 Å². The summed E-state index contributed by atoms with van der Waals surface area (Å²) in [6.45, 7) is 0. The van der Waals surface area contributed by atoms with Gasteiger partial charge in [0.05, 0.1) is 5.69 Å². The molecule has 5 nitrogen and oxygen atoms in total. The molecule has 3 aromatic rings. The molecule has 0 bridgehead atoms. The molecule has 0 radical (unpaired) electrons. The first-order valence-electron chi connectivity index (χ1n) is 6.53. The fourth-order valence-corrected chi connectivity index (χ4v) is 1.99. The first-order chi connectivity index (χ1) is 10.6. The van der Waals surface area contributed by atoms with E-state index in [0.717, 1.165) is 0 Å². The number of aromatic hydroxyl groups is 1. The molecule has 0 saturated carbocycles. The van der Waals surface area contributed by atoms with E-state index < -0.39 is 0 Å². The van der Waals surface area contributed by atoms with E-state index in [0.29, 0.717) is 16.9 Å². The maximum absolute atomic E-state index is 12.9. The van der Waals surface area contributed by atoms with Gasteiger partial charge in [-0.3, -0.25) is 9.89 Å². The van der Waals surface area contributed by atoms with Gasteiger partial charge in [0.15, 0.2) is 0 Å². The Labute approximate surface area is 125 Å². The van der Waals surface area contributed by atoms with E-state index in [1.165, 1.54) is 24.3 Å². The number of benzene rings is 2. The number of carbonyl (C=O) groups is 1. The van der Waals surface area contributed by atoms with Gasteiger partial charge in [0.25, 0.3) is 5.91 Å². The standard InChI is InChI=1S/C16H12FN3O2/c17-11-6-4-10(5-7-11)14-9-15(20-19-14)16(22)18-12-2-1-3-13(21)8-12/h1-9,21H,(H,18,22)(H,19,20). The van der Waals surface area contributed by atoms with Crippen molar-refractivity contribution in [2.24, 2.45) is 0 Å². The Bertz CT molecular complexity index is 812. The molecular weight excluding hydrogens is 285 g/mol. The lowest BCUT2D eigenvalue weighted by molar-refractivity contribution is 0.102. The van der Waals surface area contributed by atoms with E-state index in [1.807, 2.05) is 0 Å². The van der Waals surface area contributed by atoms with Gasteiger partial charge in [0, 0.05) is 17.3 Å². The van der Waals surface area contributed by atoms with Crippen molar-refractivity contribution in [3.63, 3.8) is 0 Å². The fourth-order valence-electron chi connectivity index (χ4n) is 1.99. The number of amides is 1. The summed E-state index contributed by atoms with van der Waals surface area (Å²) in [6, 6.07) is 13.6. The summed E-state index contributed by atoms with van der Waals surface area (Å²) >= 11 is 0. The zero-order valence-corrected chi connectivity index (χ0v) is 11.4. The zero-order valence-electron chi connectivity index (χ0n) is 11.4. The Morgan fingerprint density at radius 2 is 1.91 bits per heavy atom. The van der Waals surface area contributed by atoms with Gasteiger partial charge < -0.3 is 10.4 Å². The molecule has 1 amide bonds. The van der Waals surface area contributed by atoms with Gasteiger partial charge in [-0.2, -0.15) is 5.10 Å². The second-order valence-corrected chi connectivity index (χ2v) is 4.68. The maximum Gasteiger partial charge on any atom is 0.273 e. The molecule has 0 atom stereocenters. The number of phenols is 1. The van der Waals surface area contributed by atoms with Crippen LogP contribution in [0.3, 0.4) is 0 Å². The second kappa shape index (κ2) is 5.69. The summed E-state index contributed by atoms with van der Waals surface area (Å²) in [4.78, 5) is 12.1. The van der Waals surface area contributed by atoms with Crippen LogP contribution in [-0.2, 0) is 0 Å². The summed E-state index contributed by atoms with van der Waals surface area (Å²) in [5, 5.41) is 18.7. The van der Waals surface area contributed by atoms with Crippen LogP contribution in [0.1, 0.15) is 10.5 Å². The van der Waals surface area contributed by atoms with Gasteiger partial charge in [-0.25, -0.2) is 4.39 Å². The molecule has 0 saturated heterocycles. The number of nitrogens with zero attached hydrogens (tertiary/aromatic N) is 1. The Balaban J connectivity index is 1.78. The highest BCUT2D eigenvalue weighted by Gasteiger charge is 2.11. The number of hydrogen-bond acceptors (Lipinski definition) is 3. The van der Waals surface area contributed by atoms with Crippen molar-refractivity contribution in [1.82, 2.24) is 10.2 Å². The van der Waals surface area contributed by atoms with Crippen molar-refractivity contribution in [2.75, 3.05) is 5.32 Å². The van der Waals surface area contributed by atoms with Crippen LogP contribution in [0, 0.1) is 5.82 Å². The Hall–Kier alpha value is -3.15. The molecule has 0 fully saturated rings. The summed E-state index contributed by atoms with van der Waals surface area (Å²) in [7, 11) is 0. The van der Waals surface area contributed by atoms with Gasteiger partial charge in [-0.05, 0) is 42.5 Å². The van der Waals surface area contributed by atoms with Crippen LogP contribution in [-0.4, -0.2) is 21.2 Å². The smallest absolute Gasteiger partial charge is 0.273 e. The molecule has 0 aliphatic heterocycles. The normalized spacial score (nSPS) is 10.4. The highest BCUT2D eigenvalue weighted by molar-refractivity contribution is 6.03. The number of rotatable bonds is 3. The maximum atomic E-state index is 12.9. The SMILES string of the molecule is O=C(Nc1cccc(O)c1)c1cc(-c2ccc(F)cc2)n[nH]1. The van der Waals surface area contributed by atoms with Crippen molar-refractivity contribution >= 4 is 11.6 Å². The largest absolute Gasteiger partial charge is 0.508 e. The van der Waals surface area contributed by atoms with Crippen LogP contribution >= 0.6 is 0 Å². The highest BCUT2D eigenvalue weighted by atomic mass is 19.1. The minimum atomic E-state index is -0.383. The second-order valence-electron chi connectivity index (χ2n) is 4.68. The Morgan fingerprint density at radius 3 is 2.64 bits per heavy atom. The third kappa shape index (κ3) is 2.95. The highest BCUT2D eigenvalue weighted by Crippen LogP contribution is 2.19. The summed E-state index contributed by atoms with van der Waals surface area (Å²) < 4.78 is 12.9. The van der Waals surface area contributed by atoms with Crippen LogP contribution in [0.4, 0.5) is 10.1 Å². The van der Waals surface area contributed by atoms with Gasteiger partial charge in [-0.15, -0.1) is 0 Å². The Kier molecular flexibility index (Phi) is 3.57. The molecule has 2 aromatic carbocycles. The third-order valence-corrected chi connectivity index (χ3v) is 3.07. The predicted octanol–water partition coefficient (Wildman–Crippen LogP) is 3.17. The molecule has 0 spiro atoms. The van der Waals surface area contributed by atoms with E-state index in [-0.39, 0.29) is 23.2 Å². The van der Waals surface area contributed by atoms with E-state index >= 15 is 0 Å². The van der Waals surface area contributed by atoms with Crippen LogP contribution < -0.4 is 5.32 Å². The lowest BCUT2D eigenvalue weighted by atomic mass is 10.1. The predicted molar refractivity (Wildman–Crippen MR) is 80.0 cm³/mol. The number of phenolic OH excluding ortho intramolecular Hbond substituents is 1. The van der Waals surface area contributed by atoms with Gasteiger partial charge in [0.1, 0.15) is 17.3 Å². The molecule has 110 valence electrons. The molecule has 3 rings (SSSR count). The average Bonchev–Trinajstić information content (AvgIpc) is 2.98. The first kappa shape index (κ1) is 13.8. The van der Waals surface area contributed by atoms with E-state index in [4.69, 9.17) is 0 Å². The van der Waals surface area contributed by atoms with E-state index in [9.17, 15) is 14.3 Å². The molecule has 0 aliphatic rings. The van der Waals surface area contributed by atoms with Gasteiger partial charge in [0.2, 0.25) is 0 Å². The van der Waals surface area contributed by atoms with Crippen LogP contribution in [0.5, 0.6) is 5.75 Å². The number of anilines is 1. The molecule has 6 heteroatoms. The van der Waals surface area contributed by atoms with Gasteiger partial charge in [-0.1, -0.05) is 6.07 Å². The third-order valence-electron chi connectivity index (χ3n) is 3.07. The van der Waals surface area contributed by atoms with Crippen molar-refractivity contribution in [3.8, 4) is 17.0 Å². The average molecular weight is 297 g/mol. The lowest BCUT2D eigenvalue weighted by Gasteiger charge is -2.03. The molecule has 3 N–H and O–H groups in total. The van der Waals surface area contributed by atoms with Crippen LogP contribution in [0.15, 0.2) is 54.6 Å². The minimum absolute atomic E-state index is 0.0643.